The summed E-state index contributed by atoms with van der Waals surface area (Å²) in [6.45, 7) is 2.46. The van der Waals surface area contributed by atoms with Gasteiger partial charge in [0.15, 0.2) is 5.60 Å². The van der Waals surface area contributed by atoms with Gasteiger partial charge in [-0.3, -0.25) is 4.79 Å². The number of carbonyl (C=O) groups is 2. The fourth-order valence-electron chi connectivity index (χ4n) is 1.90. The lowest BCUT2D eigenvalue weighted by atomic mass is 10.1. The molecule has 7 nitrogen and oxygen atoms in total. The number of carboxylic acids is 1. The molecule has 2 rings (SSSR count). The van der Waals surface area contributed by atoms with E-state index in [2.05, 4.69) is 26.3 Å². The van der Waals surface area contributed by atoms with E-state index in [0.29, 0.717) is 11.3 Å². The average Bonchev–Trinajstić information content (AvgIpc) is 2.87. The Balaban J connectivity index is 2.17. The first-order chi connectivity index (χ1) is 10.7. The van der Waals surface area contributed by atoms with Crippen molar-refractivity contribution in [2.24, 2.45) is 0 Å². The van der Waals surface area contributed by atoms with Gasteiger partial charge in [0.1, 0.15) is 0 Å². The van der Waals surface area contributed by atoms with E-state index in [1.807, 2.05) is 24.3 Å². The van der Waals surface area contributed by atoms with Crippen LogP contribution in [0.15, 0.2) is 34.9 Å². The number of hydrogen-bond acceptors (Lipinski definition) is 4. The molecule has 1 amide bonds. The van der Waals surface area contributed by atoms with Crippen LogP contribution in [-0.4, -0.2) is 44.0 Å². The van der Waals surface area contributed by atoms with Crippen LogP contribution in [-0.2, 0) is 4.79 Å². The van der Waals surface area contributed by atoms with E-state index < -0.39 is 24.0 Å². The van der Waals surface area contributed by atoms with E-state index in [1.165, 1.54) is 6.20 Å². The predicted molar refractivity (Wildman–Crippen MR) is 86.6 cm³/mol. The third-order valence-corrected chi connectivity index (χ3v) is 3.91. The summed E-state index contributed by atoms with van der Waals surface area (Å²) in [5, 5.41) is 25.0. The number of aromatic nitrogens is 2. The van der Waals surface area contributed by atoms with Gasteiger partial charge in [0.25, 0.3) is 5.91 Å². The van der Waals surface area contributed by atoms with Gasteiger partial charge in [0, 0.05) is 4.47 Å². The molecule has 0 radical (unpaired) electrons. The number of benzene rings is 1. The summed E-state index contributed by atoms with van der Waals surface area (Å²) < 4.78 is 2.54. The van der Waals surface area contributed by atoms with Crippen molar-refractivity contribution in [1.82, 2.24) is 15.1 Å². The molecular formula is C15H16BrN3O4. The summed E-state index contributed by atoms with van der Waals surface area (Å²) >= 11 is 3.35. The molecule has 0 aliphatic carbocycles. The number of aliphatic carboxylic acids is 1. The third kappa shape index (κ3) is 3.77. The van der Waals surface area contributed by atoms with E-state index in [-0.39, 0.29) is 0 Å². The zero-order valence-corrected chi connectivity index (χ0v) is 14.2. The highest BCUT2D eigenvalue weighted by molar-refractivity contribution is 9.10. The fourth-order valence-corrected chi connectivity index (χ4v) is 2.16. The van der Waals surface area contributed by atoms with Crippen LogP contribution < -0.4 is 5.32 Å². The van der Waals surface area contributed by atoms with Gasteiger partial charge >= 0.3 is 5.97 Å². The molecule has 3 N–H and O–H groups in total. The molecule has 0 aliphatic rings. The number of nitrogens with zero attached hydrogens (tertiary/aromatic N) is 2. The molecule has 0 aliphatic heterocycles. The number of carboxylic acid groups (broad SMARTS) is 1. The van der Waals surface area contributed by atoms with Crippen molar-refractivity contribution < 1.29 is 19.8 Å². The lowest BCUT2D eigenvalue weighted by Crippen LogP contribution is -2.46. The normalized spacial score (nSPS) is 13.4. The summed E-state index contributed by atoms with van der Waals surface area (Å²) in [7, 11) is 0. The standard InChI is InChI=1S/C15H16BrN3O4/c1-9-12(13(20)17-8-15(2,23)14(21)22)7-18-19(9)11-5-3-10(16)4-6-11/h3-7,23H,8H2,1-2H3,(H,17,20)(H,21,22). The van der Waals surface area contributed by atoms with Gasteiger partial charge in [-0.25, -0.2) is 9.48 Å². The van der Waals surface area contributed by atoms with Gasteiger partial charge in [-0.05, 0) is 38.1 Å². The van der Waals surface area contributed by atoms with Crippen molar-refractivity contribution in [3.8, 4) is 5.69 Å². The number of nitrogens with one attached hydrogen (secondary N) is 1. The molecule has 1 atom stereocenters. The second-order valence-electron chi connectivity index (χ2n) is 5.29. The number of carbonyl (C=O) groups excluding carboxylic acids is 1. The number of aliphatic hydroxyl groups is 1. The fraction of sp³-hybridized carbons (Fsp3) is 0.267. The first-order valence-corrected chi connectivity index (χ1v) is 7.56. The minimum Gasteiger partial charge on any atom is -0.479 e. The van der Waals surface area contributed by atoms with Crippen molar-refractivity contribution in [2.45, 2.75) is 19.4 Å². The van der Waals surface area contributed by atoms with Crippen molar-refractivity contribution in [3.05, 3.63) is 46.2 Å². The smallest absolute Gasteiger partial charge is 0.337 e. The molecule has 0 bridgehead atoms. The molecule has 1 unspecified atom stereocenters. The van der Waals surface area contributed by atoms with Crippen molar-refractivity contribution in [1.29, 1.82) is 0 Å². The van der Waals surface area contributed by atoms with Crippen LogP contribution in [0.4, 0.5) is 0 Å². The lowest BCUT2D eigenvalue weighted by molar-refractivity contribution is -0.155. The highest BCUT2D eigenvalue weighted by atomic mass is 79.9. The van der Waals surface area contributed by atoms with Crippen LogP contribution >= 0.6 is 15.9 Å². The molecule has 0 saturated carbocycles. The van der Waals surface area contributed by atoms with Gasteiger partial charge in [-0.1, -0.05) is 15.9 Å². The van der Waals surface area contributed by atoms with E-state index in [0.717, 1.165) is 17.1 Å². The molecule has 0 spiro atoms. The first-order valence-electron chi connectivity index (χ1n) is 6.77. The van der Waals surface area contributed by atoms with Gasteiger partial charge in [0.05, 0.1) is 29.7 Å². The molecule has 2 aromatic rings. The summed E-state index contributed by atoms with van der Waals surface area (Å²) in [5.74, 6) is -1.90. The maximum atomic E-state index is 12.2. The molecule has 23 heavy (non-hydrogen) atoms. The number of rotatable bonds is 5. The second-order valence-corrected chi connectivity index (χ2v) is 6.21. The lowest BCUT2D eigenvalue weighted by Gasteiger charge is -2.18. The molecule has 122 valence electrons. The summed E-state index contributed by atoms with van der Waals surface area (Å²) in [4.78, 5) is 23.0. The van der Waals surface area contributed by atoms with Gasteiger partial charge in [-0.2, -0.15) is 5.10 Å². The zero-order chi connectivity index (χ0) is 17.2. The minimum absolute atomic E-state index is 0.314. The minimum atomic E-state index is -2.02. The monoisotopic (exact) mass is 381 g/mol. The highest BCUT2D eigenvalue weighted by Gasteiger charge is 2.30. The van der Waals surface area contributed by atoms with Crippen LogP contribution in [0.5, 0.6) is 0 Å². The summed E-state index contributed by atoms with van der Waals surface area (Å²) in [6.07, 6.45) is 1.40. The zero-order valence-electron chi connectivity index (χ0n) is 12.6. The molecule has 8 heteroatoms. The Labute approximate surface area is 141 Å². The van der Waals surface area contributed by atoms with Crippen LogP contribution in [0.3, 0.4) is 0 Å². The van der Waals surface area contributed by atoms with Crippen molar-refractivity contribution >= 4 is 27.8 Å². The van der Waals surface area contributed by atoms with Crippen LogP contribution in [0, 0.1) is 6.92 Å². The summed E-state index contributed by atoms with van der Waals surface area (Å²) in [5.41, 5.74) is -0.304. The Morgan fingerprint density at radius 2 is 1.96 bits per heavy atom. The predicted octanol–water partition coefficient (Wildman–Crippen LogP) is 1.51. The molecule has 1 aromatic heterocycles. The van der Waals surface area contributed by atoms with Crippen molar-refractivity contribution in [3.63, 3.8) is 0 Å². The molecule has 1 aromatic carbocycles. The third-order valence-electron chi connectivity index (χ3n) is 3.38. The maximum Gasteiger partial charge on any atom is 0.337 e. The van der Waals surface area contributed by atoms with Gasteiger partial charge in [-0.15, -0.1) is 0 Å². The number of amides is 1. The Bertz CT molecular complexity index is 738. The molecule has 0 saturated heterocycles. The Hall–Kier alpha value is -2.19. The highest BCUT2D eigenvalue weighted by Crippen LogP contribution is 2.17. The van der Waals surface area contributed by atoms with Gasteiger partial charge in [0.2, 0.25) is 0 Å². The first kappa shape index (κ1) is 17.2. The number of halogens is 1. The van der Waals surface area contributed by atoms with E-state index in [1.54, 1.807) is 11.6 Å². The van der Waals surface area contributed by atoms with Crippen LogP contribution in [0.1, 0.15) is 23.0 Å². The second kappa shape index (κ2) is 6.51. The molecule has 0 fully saturated rings. The van der Waals surface area contributed by atoms with Crippen molar-refractivity contribution in [2.75, 3.05) is 6.54 Å². The number of hydrogen-bond donors (Lipinski definition) is 3. The molecule has 1 heterocycles. The summed E-state index contributed by atoms with van der Waals surface area (Å²) in [6, 6.07) is 7.42. The van der Waals surface area contributed by atoms with E-state index >= 15 is 0 Å². The SMILES string of the molecule is Cc1c(C(=O)NCC(C)(O)C(=O)O)cnn1-c1ccc(Br)cc1. The molecular weight excluding hydrogens is 366 g/mol. The quantitative estimate of drug-likeness (QED) is 0.727. The Kier molecular flexibility index (Phi) is 4.86. The van der Waals surface area contributed by atoms with Crippen LogP contribution in [0.2, 0.25) is 0 Å². The van der Waals surface area contributed by atoms with Gasteiger partial charge < -0.3 is 15.5 Å². The average molecular weight is 382 g/mol. The largest absolute Gasteiger partial charge is 0.479 e. The van der Waals surface area contributed by atoms with E-state index in [9.17, 15) is 14.7 Å². The van der Waals surface area contributed by atoms with E-state index in [4.69, 9.17) is 5.11 Å². The Morgan fingerprint density at radius 3 is 2.52 bits per heavy atom. The topological polar surface area (TPSA) is 104 Å². The maximum absolute atomic E-state index is 12.2. The van der Waals surface area contributed by atoms with Crippen LogP contribution in [0.25, 0.3) is 5.69 Å². The Morgan fingerprint density at radius 1 is 1.35 bits per heavy atom.